The number of anilines is 1. The van der Waals surface area contributed by atoms with E-state index in [1.54, 1.807) is 6.92 Å². The lowest BCUT2D eigenvalue weighted by Crippen LogP contribution is -2.49. The fourth-order valence-electron chi connectivity index (χ4n) is 3.96. The molecule has 0 atom stereocenters. The van der Waals surface area contributed by atoms with Crippen molar-refractivity contribution < 1.29 is 27.5 Å². The molecule has 1 heterocycles. The van der Waals surface area contributed by atoms with Gasteiger partial charge in [0, 0.05) is 13.1 Å². The molecule has 0 unspecified atom stereocenters. The molecule has 166 valence electrons. The van der Waals surface area contributed by atoms with Crippen LogP contribution >= 0.6 is 0 Å². The van der Waals surface area contributed by atoms with Crippen molar-refractivity contribution in [2.45, 2.75) is 31.4 Å². The number of esters is 1. The Labute approximate surface area is 179 Å². The first-order chi connectivity index (χ1) is 14.8. The van der Waals surface area contributed by atoms with Crippen LogP contribution in [0, 0.1) is 0 Å². The Kier molecular flexibility index (Phi) is 7.00. The monoisotopic (exact) mass is 434 g/mol. The lowest BCUT2D eigenvalue weighted by atomic mass is 9.72. The van der Waals surface area contributed by atoms with Crippen molar-refractivity contribution in [2.75, 3.05) is 31.6 Å². The number of carbonyl (C=O) groups excluding carboxylic acids is 2. The average molecular weight is 434 g/mol. The summed E-state index contributed by atoms with van der Waals surface area (Å²) < 4.78 is 44.7. The van der Waals surface area contributed by atoms with E-state index in [1.165, 1.54) is 18.2 Å². The van der Waals surface area contributed by atoms with E-state index in [1.807, 2.05) is 35.2 Å². The normalized spacial score (nSPS) is 16.5. The number of halogens is 3. The van der Waals surface area contributed by atoms with Gasteiger partial charge in [0.15, 0.2) is 0 Å². The van der Waals surface area contributed by atoms with Crippen molar-refractivity contribution >= 4 is 17.6 Å². The SMILES string of the molecule is CCOC(=O)C1(c2ccccc2)CCN(CC(=O)Nc2ccccc2C(F)(F)F)CC1. The van der Waals surface area contributed by atoms with E-state index in [-0.39, 0.29) is 24.8 Å². The number of piperidine rings is 1. The molecule has 1 fully saturated rings. The minimum Gasteiger partial charge on any atom is -0.465 e. The van der Waals surface area contributed by atoms with Crippen molar-refractivity contribution in [1.82, 2.24) is 4.90 Å². The molecule has 1 aliphatic rings. The summed E-state index contributed by atoms with van der Waals surface area (Å²) in [6, 6.07) is 14.3. The third-order valence-corrected chi connectivity index (χ3v) is 5.58. The predicted molar refractivity (Wildman–Crippen MR) is 111 cm³/mol. The lowest BCUT2D eigenvalue weighted by Gasteiger charge is -2.40. The van der Waals surface area contributed by atoms with Crippen LogP contribution in [0.15, 0.2) is 54.6 Å². The summed E-state index contributed by atoms with van der Waals surface area (Å²) in [5.74, 6) is -0.815. The molecule has 1 N–H and O–H groups in total. The van der Waals surface area contributed by atoms with Crippen LogP contribution in [0.4, 0.5) is 18.9 Å². The first-order valence-electron chi connectivity index (χ1n) is 10.2. The average Bonchev–Trinajstić information content (AvgIpc) is 2.75. The zero-order valence-corrected chi connectivity index (χ0v) is 17.2. The lowest BCUT2D eigenvalue weighted by molar-refractivity contribution is -0.152. The van der Waals surface area contributed by atoms with E-state index in [9.17, 15) is 22.8 Å². The Morgan fingerprint density at radius 2 is 1.65 bits per heavy atom. The first kappa shape index (κ1) is 22.8. The smallest absolute Gasteiger partial charge is 0.418 e. The number of alkyl halides is 3. The Balaban J connectivity index is 1.66. The quantitative estimate of drug-likeness (QED) is 0.691. The van der Waals surface area contributed by atoms with Crippen LogP contribution in [0.1, 0.15) is 30.9 Å². The summed E-state index contributed by atoms with van der Waals surface area (Å²) in [5, 5.41) is 2.37. The fourth-order valence-corrected chi connectivity index (χ4v) is 3.96. The molecule has 5 nitrogen and oxygen atoms in total. The van der Waals surface area contributed by atoms with Crippen molar-refractivity contribution in [1.29, 1.82) is 0 Å². The van der Waals surface area contributed by atoms with Gasteiger partial charge in [0.25, 0.3) is 0 Å². The van der Waals surface area contributed by atoms with E-state index in [4.69, 9.17) is 4.74 Å². The first-order valence-corrected chi connectivity index (χ1v) is 10.2. The molecule has 0 saturated carbocycles. The molecule has 3 rings (SSSR count). The number of rotatable bonds is 6. The maximum absolute atomic E-state index is 13.1. The van der Waals surface area contributed by atoms with E-state index in [2.05, 4.69) is 5.32 Å². The molecule has 0 radical (unpaired) electrons. The van der Waals surface area contributed by atoms with Crippen molar-refractivity contribution in [3.63, 3.8) is 0 Å². The number of likely N-dealkylation sites (tertiary alicyclic amines) is 1. The molecule has 1 aliphatic heterocycles. The highest BCUT2D eigenvalue weighted by Gasteiger charge is 2.44. The molecule has 0 bridgehead atoms. The number of hydrogen-bond acceptors (Lipinski definition) is 4. The van der Waals surface area contributed by atoms with E-state index < -0.39 is 23.1 Å². The summed E-state index contributed by atoms with van der Waals surface area (Å²) in [5.41, 5.74) is -1.06. The van der Waals surface area contributed by atoms with Gasteiger partial charge in [-0.2, -0.15) is 13.2 Å². The third kappa shape index (κ3) is 5.25. The van der Waals surface area contributed by atoms with Crippen LogP contribution in [0.5, 0.6) is 0 Å². The van der Waals surface area contributed by atoms with Gasteiger partial charge in [-0.15, -0.1) is 0 Å². The zero-order chi connectivity index (χ0) is 22.5. The van der Waals surface area contributed by atoms with Gasteiger partial charge in [0.05, 0.1) is 29.8 Å². The predicted octanol–water partition coefficient (Wildman–Crippen LogP) is 4.24. The molecular formula is C23H25F3N2O3. The van der Waals surface area contributed by atoms with Crippen LogP contribution in [0.3, 0.4) is 0 Å². The van der Waals surface area contributed by atoms with E-state index in [0.29, 0.717) is 25.9 Å². The van der Waals surface area contributed by atoms with Crippen LogP contribution in [-0.2, 0) is 25.9 Å². The Morgan fingerprint density at radius 3 is 2.26 bits per heavy atom. The molecular weight excluding hydrogens is 409 g/mol. The minimum atomic E-state index is -4.55. The third-order valence-electron chi connectivity index (χ3n) is 5.58. The molecule has 31 heavy (non-hydrogen) atoms. The van der Waals surface area contributed by atoms with Gasteiger partial charge in [0.1, 0.15) is 0 Å². The second-order valence-corrected chi connectivity index (χ2v) is 7.54. The summed E-state index contributed by atoms with van der Waals surface area (Å²) in [7, 11) is 0. The standard InChI is InChI=1S/C23H25F3N2O3/c1-2-31-21(30)22(17-8-4-3-5-9-17)12-14-28(15-13-22)16-20(29)27-19-11-7-6-10-18(19)23(24,25)26/h3-11H,2,12-16H2,1H3,(H,27,29). The number of amides is 1. The highest BCUT2D eigenvalue weighted by atomic mass is 19.4. The molecule has 8 heteroatoms. The maximum atomic E-state index is 13.1. The number of ether oxygens (including phenoxy) is 1. The second kappa shape index (κ2) is 9.51. The minimum absolute atomic E-state index is 0.0557. The summed E-state index contributed by atoms with van der Waals surface area (Å²) in [6.07, 6.45) is -3.63. The summed E-state index contributed by atoms with van der Waals surface area (Å²) in [4.78, 5) is 27.1. The summed E-state index contributed by atoms with van der Waals surface area (Å²) in [6.45, 7) is 2.87. The molecule has 2 aromatic carbocycles. The Morgan fingerprint density at radius 1 is 1.03 bits per heavy atom. The van der Waals surface area contributed by atoms with Crippen molar-refractivity contribution in [3.8, 4) is 0 Å². The maximum Gasteiger partial charge on any atom is 0.418 e. The topological polar surface area (TPSA) is 58.6 Å². The van der Waals surface area contributed by atoms with Crippen LogP contribution in [0.2, 0.25) is 0 Å². The van der Waals surface area contributed by atoms with Gasteiger partial charge in [0.2, 0.25) is 5.91 Å². The zero-order valence-electron chi connectivity index (χ0n) is 17.2. The largest absolute Gasteiger partial charge is 0.465 e. The van der Waals surface area contributed by atoms with Gasteiger partial charge < -0.3 is 10.1 Å². The van der Waals surface area contributed by atoms with Gasteiger partial charge in [-0.25, -0.2) is 0 Å². The number of benzene rings is 2. The molecule has 1 saturated heterocycles. The van der Waals surface area contributed by atoms with E-state index >= 15 is 0 Å². The highest BCUT2D eigenvalue weighted by molar-refractivity contribution is 5.93. The highest BCUT2D eigenvalue weighted by Crippen LogP contribution is 2.37. The molecule has 1 amide bonds. The van der Waals surface area contributed by atoms with Gasteiger partial charge >= 0.3 is 12.1 Å². The van der Waals surface area contributed by atoms with Crippen LogP contribution < -0.4 is 5.32 Å². The second-order valence-electron chi connectivity index (χ2n) is 7.54. The number of nitrogens with one attached hydrogen (secondary N) is 1. The number of para-hydroxylation sites is 1. The summed E-state index contributed by atoms with van der Waals surface area (Å²) >= 11 is 0. The van der Waals surface area contributed by atoms with Gasteiger partial charge in [-0.05, 0) is 37.5 Å². The van der Waals surface area contributed by atoms with E-state index in [0.717, 1.165) is 11.6 Å². The molecule has 2 aromatic rings. The number of nitrogens with zero attached hydrogens (tertiary/aromatic N) is 1. The van der Waals surface area contributed by atoms with Crippen LogP contribution in [-0.4, -0.2) is 43.0 Å². The molecule has 0 aromatic heterocycles. The fraction of sp³-hybridized carbons (Fsp3) is 0.391. The van der Waals surface area contributed by atoms with Gasteiger partial charge in [-0.1, -0.05) is 42.5 Å². The number of hydrogen-bond donors (Lipinski definition) is 1. The Hall–Kier alpha value is -2.87. The van der Waals surface area contributed by atoms with Gasteiger partial charge in [-0.3, -0.25) is 14.5 Å². The molecule has 0 aliphatic carbocycles. The molecule has 0 spiro atoms. The van der Waals surface area contributed by atoms with Crippen LogP contribution in [0.25, 0.3) is 0 Å². The number of carbonyl (C=O) groups is 2. The van der Waals surface area contributed by atoms with Crippen molar-refractivity contribution in [3.05, 3.63) is 65.7 Å². The van der Waals surface area contributed by atoms with Crippen molar-refractivity contribution in [2.24, 2.45) is 0 Å². The Bertz CT molecular complexity index is 908.